The molecule has 8 heteroatoms. The van der Waals surface area contributed by atoms with Crippen molar-refractivity contribution in [1.29, 1.82) is 0 Å². The topological polar surface area (TPSA) is 94.1 Å². The first-order valence-electron chi connectivity index (χ1n) is 10.7. The quantitative estimate of drug-likeness (QED) is 0.549. The van der Waals surface area contributed by atoms with Gasteiger partial charge in [-0.25, -0.2) is 4.79 Å². The lowest BCUT2D eigenvalue weighted by Gasteiger charge is -2.24. The van der Waals surface area contributed by atoms with Crippen LogP contribution in [0.1, 0.15) is 48.2 Å². The standard InChI is InChI=1S/C24H28ClNO6/c1-3-30-18-7-8-19(20(25)13-18)22(27)26-15-17-12-16(6-9-21(17)31-4-2)14-24(23(28)29)10-5-11-32-24/h6-9,12-13H,3-5,10-11,14-15H2,1-2H3,(H,26,27)(H,28,29)/t24-/m0/s1. The average molecular weight is 462 g/mol. The molecular weight excluding hydrogens is 434 g/mol. The minimum absolute atomic E-state index is 0.201. The van der Waals surface area contributed by atoms with E-state index in [0.29, 0.717) is 48.3 Å². The fourth-order valence-corrected chi connectivity index (χ4v) is 4.05. The van der Waals surface area contributed by atoms with E-state index >= 15 is 0 Å². The number of hydrogen-bond acceptors (Lipinski definition) is 5. The lowest BCUT2D eigenvalue weighted by Crippen LogP contribution is -2.40. The second kappa shape index (κ2) is 10.7. The Morgan fingerprint density at radius 1 is 1.16 bits per heavy atom. The zero-order chi connectivity index (χ0) is 23.1. The molecule has 0 bridgehead atoms. The summed E-state index contributed by atoms with van der Waals surface area (Å²) >= 11 is 6.25. The van der Waals surface area contributed by atoms with Gasteiger partial charge in [0.05, 0.1) is 23.8 Å². The van der Waals surface area contributed by atoms with Crippen molar-refractivity contribution >= 4 is 23.5 Å². The second-order valence-corrected chi connectivity index (χ2v) is 7.97. The van der Waals surface area contributed by atoms with E-state index < -0.39 is 11.6 Å². The molecule has 1 aliphatic heterocycles. The van der Waals surface area contributed by atoms with Crippen LogP contribution in [0.5, 0.6) is 11.5 Å². The van der Waals surface area contributed by atoms with Gasteiger partial charge in [0.1, 0.15) is 11.5 Å². The van der Waals surface area contributed by atoms with Crippen molar-refractivity contribution < 1.29 is 28.9 Å². The maximum atomic E-state index is 12.7. The van der Waals surface area contributed by atoms with Crippen LogP contribution in [0.25, 0.3) is 0 Å². The van der Waals surface area contributed by atoms with E-state index in [1.54, 1.807) is 24.3 Å². The van der Waals surface area contributed by atoms with Gasteiger partial charge in [0.2, 0.25) is 0 Å². The molecule has 7 nitrogen and oxygen atoms in total. The molecule has 2 N–H and O–H groups in total. The number of amides is 1. The summed E-state index contributed by atoms with van der Waals surface area (Å²) in [6, 6.07) is 10.4. The van der Waals surface area contributed by atoms with E-state index in [1.165, 1.54) is 0 Å². The predicted molar refractivity (Wildman–Crippen MR) is 121 cm³/mol. The highest BCUT2D eigenvalue weighted by molar-refractivity contribution is 6.34. The summed E-state index contributed by atoms with van der Waals surface area (Å²) in [6.45, 7) is 5.36. The molecule has 1 amide bonds. The van der Waals surface area contributed by atoms with Crippen LogP contribution in [0.15, 0.2) is 36.4 Å². The van der Waals surface area contributed by atoms with Crippen molar-refractivity contribution in [2.24, 2.45) is 0 Å². The number of halogens is 1. The van der Waals surface area contributed by atoms with Crippen molar-refractivity contribution in [3.63, 3.8) is 0 Å². The Bertz CT molecular complexity index is 971. The number of carboxylic acids is 1. The molecule has 1 saturated heterocycles. The predicted octanol–water partition coefficient (Wildman–Crippen LogP) is 4.24. The number of ether oxygens (including phenoxy) is 3. The SMILES string of the molecule is CCOc1ccc(C(=O)NCc2cc(C[C@]3(C(=O)O)CCCO3)ccc2OCC)c(Cl)c1. The summed E-state index contributed by atoms with van der Waals surface area (Å²) in [6.07, 6.45) is 1.44. The summed E-state index contributed by atoms with van der Waals surface area (Å²) in [7, 11) is 0. The molecule has 1 fully saturated rings. The van der Waals surface area contributed by atoms with Crippen molar-refractivity contribution in [2.45, 2.75) is 45.3 Å². The number of benzene rings is 2. The molecule has 0 saturated carbocycles. The first kappa shape index (κ1) is 23.9. The van der Waals surface area contributed by atoms with Crippen LogP contribution in [0, 0.1) is 0 Å². The Hall–Kier alpha value is -2.77. The van der Waals surface area contributed by atoms with Gasteiger partial charge in [0.25, 0.3) is 5.91 Å². The maximum absolute atomic E-state index is 12.7. The molecule has 172 valence electrons. The van der Waals surface area contributed by atoms with Crippen LogP contribution in [0.2, 0.25) is 5.02 Å². The lowest BCUT2D eigenvalue weighted by molar-refractivity contribution is -0.159. The van der Waals surface area contributed by atoms with Gasteiger partial charge in [0, 0.05) is 25.1 Å². The summed E-state index contributed by atoms with van der Waals surface area (Å²) in [5, 5.41) is 12.9. The minimum Gasteiger partial charge on any atom is -0.494 e. The molecule has 0 aromatic heterocycles. The molecule has 3 rings (SSSR count). The average Bonchev–Trinajstić information content (AvgIpc) is 3.24. The zero-order valence-electron chi connectivity index (χ0n) is 18.3. The Kier molecular flexibility index (Phi) is 7.99. The van der Waals surface area contributed by atoms with E-state index in [9.17, 15) is 14.7 Å². The molecule has 2 aromatic carbocycles. The molecular formula is C24H28ClNO6. The van der Waals surface area contributed by atoms with E-state index in [2.05, 4.69) is 5.32 Å². The van der Waals surface area contributed by atoms with Crippen LogP contribution < -0.4 is 14.8 Å². The summed E-state index contributed by atoms with van der Waals surface area (Å²) in [4.78, 5) is 24.5. The van der Waals surface area contributed by atoms with E-state index in [-0.39, 0.29) is 18.9 Å². The third kappa shape index (κ3) is 5.53. The molecule has 0 spiro atoms. The number of nitrogens with one attached hydrogen (secondary N) is 1. The number of hydrogen-bond donors (Lipinski definition) is 2. The van der Waals surface area contributed by atoms with E-state index in [4.69, 9.17) is 25.8 Å². The van der Waals surface area contributed by atoms with Gasteiger partial charge in [-0.05, 0) is 56.5 Å². The Morgan fingerprint density at radius 3 is 2.56 bits per heavy atom. The van der Waals surface area contributed by atoms with Gasteiger partial charge in [-0.3, -0.25) is 4.79 Å². The highest BCUT2D eigenvalue weighted by Gasteiger charge is 2.43. The normalized spacial score (nSPS) is 17.7. The minimum atomic E-state index is -1.20. The Balaban J connectivity index is 1.76. The van der Waals surface area contributed by atoms with Crippen molar-refractivity contribution in [1.82, 2.24) is 5.32 Å². The van der Waals surface area contributed by atoms with E-state index in [1.807, 2.05) is 26.0 Å². The largest absolute Gasteiger partial charge is 0.494 e. The molecule has 1 aliphatic rings. The first-order valence-corrected chi connectivity index (χ1v) is 11.1. The number of carbonyl (C=O) groups excluding carboxylic acids is 1. The van der Waals surface area contributed by atoms with Gasteiger partial charge in [-0.2, -0.15) is 0 Å². The van der Waals surface area contributed by atoms with Crippen LogP contribution in [0.4, 0.5) is 0 Å². The van der Waals surface area contributed by atoms with Crippen molar-refractivity contribution in [3.05, 3.63) is 58.1 Å². The highest BCUT2D eigenvalue weighted by Crippen LogP contribution is 2.32. The van der Waals surface area contributed by atoms with Gasteiger partial charge in [-0.1, -0.05) is 23.7 Å². The Labute approximate surface area is 192 Å². The number of aliphatic carboxylic acids is 1. The monoisotopic (exact) mass is 461 g/mol. The third-order valence-corrected chi connectivity index (χ3v) is 5.66. The lowest BCUT2D eigenvalue weighted by atomic mass is 9.91. The summed E-state index contributed by atoms with van der Waals surface area (Å²) in [5.41, 5.74) is 0.691. The van der Waals surface area contributed by atoms with Gasteiger partial charge >= 0.3 is 5.97 Å². The maximum Gasteiger partial charge on any atom is 0.336 e. The van der Waals surface area contributed by atoms with E-state index in [0.717, 1.165) is 17.5 Å². The molecule has 1 atom stereocenters. The van der Waals surface area contributed by atoms with Gasteiger partial charge in [0.15, 0.2) is 5.60 Å². The van der Waals surface area contributed by atoms with Crippen molar-refractivity contribution in [2.75, 3.05) is 19.8 Å². The second-order valence-electron chi connectivity index (χ2n) is 7.56. The van der Waals surface area contributed by atoms with Crippen LogP contribution in [-0.2, 0) is 22.5 Å². The van der Waals surface area contributed by atoms with Gasteiger partial charge < -0.3 is 24.6 Å². The first-order chi connectivity index (χ1) is 15.4. The van der Waals surface area contributed by atoms with Crippen LogP contribution in [0.3, 0.4) is 0 Å². The number of carbonyl (C=O) groups is 2. The number of rotatable bonds is 10. The molecule has 32 heavy (non-hydrogen) atoms. The zero-order valence-corrected chi connectivity index (χ0v) is 19.0. The fraction of sp³-hybridized carbons (Fsp3) is 0.417. The van der Waals surface area contributed by atoms with Crippen LogP contribution in [-0.4, -0.2) is 42.4 Å². The fourth-order valence-electron chi connectivity index (χ4n) is 3.80. The van der Waals surface area contributed by atoms with Gasteiger partial charge in [-0.15, -0.1) is 0 Å². The smallest absolute Gasteiger partial charge is 0.336 e. The molecule has 0 aliphatic carbocycles. The third-order valence-electron chi connectivity index (χ3n) is 5.34. The molecule has 0 radical (unpaired) electrons. The number of carboxylic acid groups (broad SMARTS) is 1. The Morgan fingerprint density at radius 2 is 1.94 bits per heavy atom. The van der Waals surface area contributed by atoms with Crippen LogP contribution >= 0.6 is 11.6 Å². The highest BCUT2D eigenvalue weighted by atomic mass is 35.5. The molecule has 1 heterocycles. The summed E-state index contributed by atoms with van der Waals surface area (Å²) in [5.74, 6) is -0.0520. The summed E-state index contributed by atoms with van der Waals surface area (Å²) < 4.78 is 16.7. The molecule has 2 aromatic rings. The van der Waals surface area contributed by atoms with Crippen molar-refractivity contribution in [3.8, 4) is 11.5 Å². The molecule has 0 unspecified atom stereocenters.